The van der Waals surface area contributed by atoms with Crippen LogP contribution < -0.4 is 5.32 Å². The second-order valence-corrected chi connectivity index (χ2v) is 2.15. The first-order chi connectivity index (χ1) is 3.79. The summed E-state index contributed by atoms with van der Waals surface area (Å²) in [6.07, 6.45) is -2.03. The maximum atomic E-state index is 11.5. The molecule has 0 atom stereocenters. The molecule has 1 rings (SSSR count). The van der Waals surface area contributed by atoms with Gasteiger partial charge in [-0.15, -0.1) is 0 Å². The Morgan fingerprint density at radius 2 is 2.12 bits per heavy atom. The third kappa shape index (κ3) is 1.40. The average Bonchev–Trinajstić information content (AvgIpc) is 1.55. The highest BCUT2D eigenvalue weighted by molar-refractivity contribution is 4.74. The Labute approximate surface area is 47.1 Å². The molecule has 1 aliphatic heterocycles. The molecule has 1 saturated heterocycles. The number of alkyl halides is 2. The fraction of sp³-hybridized carbons (Fsp3) is 1.00. The number of rotatable bonds is 2. The maximum Gasteiger partial charge on any atom is 0.239 e. The van der Waals surface area contributed by atoms with Crippen molar-refractivity contribution in [3.05, 3.63) is 0 Å². The second-order valence-electron chi connectivity index (χ2n) is 2.15. The molecule has 0 aliphatic carbocycles. The summed E-state index contributed by atoms with van der Waals surface area (Å²) in [5.74, 6) is 0.245. The van der Waals surface area contributed by atoms with Crippen LogP contribution in [-0.2, 0) is 0 Å². The standard InChI is InChI=1S/C5H9F2N/c6-5(7)1-4-2-8-3-4/h4-5,8H,1-3H2. The number of hydrogen-bond acceptors (Lipinski definition) is 1. The van der Waals surface area contributed by atoms with Crippen LogP contribution in [0.1, 0.15) is 6.42 Å². The molecule has 1 aliphatic rings. The lowest BCUT2D eigenvalue weighted by molar-refractivity contribution is 0.0998. The molecule has 0 aromatic carbocycles. The molecule has 0 bridgehead atoms. The van der Waals surface area contributed by atoms with E-state index in [2.05, 4.69) is 5.32 Å². The lowest BCUT2D eigenvalue weighted by atomic mass is 10.0. The van der Waals surface area contributed by atoms with E-state index in [1.165, 1.54) is 0 Å². The first-order valence-electron chi connectivity index (χ1n) is 2.78. The van der Waals surface area contributed by atoms with Gasteiger partial charge in [-0.2, -0.15) is 0 Å². The van der Waals surface area contributed by atoms with E-state index in [0.717, 1.165) is 13.1 Å². The summed E-state index contributed by atoms with van der Waals surface area (Å²) in [6, 6.07) is 0. The summed E-state index contributed by atoms with van der Waals surface area (Å²) >= 11 is 0. The van der Waals surface area contributed by atoms with E-state index >= 15 is 0 Å². The molecule has 0 aromatic rings. The molecule has 3 heteroatoms. The zero-order valence-electron chi connectivity index (χ0n) is 4.53. The third-order valence-corrected chi connectivity index (χ3v) is 1.38. The fourth-order valence-electron chi connectivity index (χ4n) is 0.767. The van der Waals surface area contributed by atoms with Gasteiger partial charge in [-0.3, -0.25) is 0 Å². The predicted octanol–water partition coefficient (Wildman–Crippen LogP) is 0.861. The highest BCUT2D eigenvalue weighted by Crippen LogP contribution is 2.13. The first kappa shape index (κ1) is 5.95. The molecule has 1 N–H and O–H groups in total. The Hall–Kier alpha value is -0.180. The minimum Gasteiger partial charge on any atom is -0.316 e. The summed E-state index contributed by atoms with van der Waals surface area (Å²) in [7, 11) is 0. The zero-order valence-corrected chi connectivity index (χ0v) is 4.53. The lowest BCUT2D eigenvalue weighted by Gasteiger charge is -2.26. The Bertz CT molecular complexity index is 70.8. The monoisotopic (exact) mass is 121 g/mol. The minimum atomic E-state index is -2.11. The van der Waals surface area contributed by atoms with Gasteiger partial charge < -0.3 is 5.32 Å². The third-order valence-electron chi connectivity index (χ3n) is 1.38. The van der Waals surface area contributed by atoms with Crippen LogP contribution in [0.4, 0.5) is 8.78 Å². The van der Waals surface area contributed by atoms with Gasteiger partial charge in [0, 0.05) is 6.42 Å². The van der Waals surface area contributed by atoms with Crippen molar-refractivity contribution in [2.24, 2.45) is 5.92 Å². The molecule has 1 heterocycles. The van der Waals surface area contributed by atoms with Crippen molar-refractivity contribution in [2.45, 2.75) is 12.8 Å². The molecule has 0 aromatic heterocycles. The van der Waals surface area contributed by atoms with Crippen molar-refractivity contribution in [3.8, 4) is 0 Å². The van der Waals surface area contributed by atoms with Gasteiger partial charge in [0.25, 0.3) is 0 Å². The van der Waals surface area contributed by atoms with Crippen LogP contribution >= 0.6 is 0 Å². The molecule has 0 unspecified atom stereocenters. The number of nitrogens with one attached hydrogen (secondary N) is 1. The lowest BCUT2D eigenvalue weighted by Crippen LogP contribution is -2.42. The molecule has 0 radical (unpaired) electrons. The van der Waals surface area contributed by atoms with Crippen molar-refractivity contribution in [2.75, 3.05) is 13.1 Å². The van der Waals surface area contributed by atoms with Gasteiger partial charge >= 0.3 is 0 Å². The molecule has 0 saturated carbocycles. The van der Waals surface area contributed by atoms with E-state index in [-0.39, 0.29) is 12.3 Å². The molecule has 0 amide bonds. The SMILES string of the molecule is FC(F)CC1CNC1. The van der Waals surface area contributed by atoms with E-state index in [1.54, 1.807) is 0 Å². The van der Waals surface area contributed by atoms with Gasteiger partial charge in [0.05, 0.1) is 0 Å². The molecular weight excluding hydrogens is 112 g/mol. The molecule has 1 nitrogen and oxygen atoms in total. The van der Waals surface area contributed by atoms with Gasteiger partial charge in [-0.25, -0.2) is 8.78 Å². The summed E-state index contributed by atoms with van der Waals surface area (Å²) in [5, 5.41) is 2.93. The second kappa shape index (κ2) is 2.40. The first-order valence-corrected chi connectivity index (χ1v) is 2.78. The Morgan fingerprint density at radius 3 is 2.25 bits per heavy atom. The largest absolute Gasteiger partial charge is 0.316 e. The molecule has 8 heavy (non-hydrogen) atoms. The highest BCUT2D eigenvalue weighted by atomic mass is 19.3. The topological polar surface area (TPSA) is 12.0 Å². The number of hydrogen-bond donors (Lipinski definition) is 1. The van der Waals surface area contributed by atoms with Gasteiger partial charge in [0.15, 0.2) is 0 Å². The van der Waals surface area contributed by atoms with Gasteiger partial charge in [0.1, 0.15) is 0 Å². The normalized spacial score (nSPS) is 21.4. The highest BCUT2D eigenvalue weighted by Gasteiger charge is 2.20. The van der Waals surface area contributed by atoms with Crippen LogP contribution in [-0.4, -0.2) is 19.5 Å². The van der Waals surface area contributed by atoms with Gasteiger partial charge in [-0.05, 0) is 19.0 Å². The fourth-order valence-corrected chi connectivity index (χ4v) is 0.767. The van der Waals surface area contributed by atoms with Crippen molar-refractivity contribution >= 4 is 0 Å². The zero-order chi connectivity index (χ0) is 5.98. The van der Waals surface area contributed by atoms with E-state index in [4.69, 9.17) is 0 Å². The van der Waals surface area contributed by atoms with Crippen LogP contribution in [0.15, 0.2) is 0 Å². The van der Waals surface area contributed by atoms with E-state index in [0.29, 0.717) is 0 Å². The summed E-state index contributed by atoms with van der Waals surface area (Å²) in [5.41, 5.74) is 0. The summed E-state index contributed by atoms with van der Waals surface area (Å²) in [6.45, 7) is 1.56. The van der Waals surface area contributed by atoms with Crippen molar-refractivity contribution in [3.63, 3.8) is 0 Å². The molecule has 0 spiro atoms. The van der Waals surface area contributed by atoms with Crippen molar-refractivity contribution in [1.82, 2.24) is 5.32 Å². The van der Waals surface area contributed by atoms with E-state index < -0.39 is 6.43 Å². The van der Waals surface area contributed by atoms with Crippen LogP contribution in [0.5, 0.6) is 0 Å². The minimum absolute atomic E-state index is 0.0764. The smallest absolute Gasteiger partial charge is 0.239 e. The Balaban J connectivity index is 2.01. The predicted molar refractivity (Wildman–Crippen MR) is 27.0 cm³/mol. The van der Waals surface area contributed by atoms with E-state index in [9.17, 15) is 8.78 Å². The summed E-state index contributed by atoms with van der Waals surface area (Å²) < 4.78 is 23.0. The van der Waals surface area contributed by atoms with Gasteiger partial charge in [0.2, 0.25) is 6.43 Å². The Morgan fingerprint density at radius 1 is 1.50 bits per heavy atom. The summed E-state index contributed by atoms with van der Waals surface area (Å²) in [4.78, 5) is 0. The average molecular weight is 121 g/mol. The van der Waals surface area contributed by atoms with Gasteiger partial charge in [-0.1, -0.05) is 0 Å². The molecule has 48 valence electrons. The van der Waals surface area contributed by atoms with E-state index in [1.807, 2.05) is 0 Å². The molecular formula is C5H9F2N. The van der Waals surface area contributed by atoms with Crippen LogP contribution in [0.3, 0.4) is 0 Å². The van der Waals surface area contributed by atoms with Crippen LogP contribution in [0, 0.1) is 5.92 Å². The van der Waals surface area contributed by atoms with Crippen molar-refractivity contribution < 1.29 is 8.78 Å². The van der Waals surface area contributed by atoms with Crippen LogP contribution in [0.25, 0.3) is 0 Å². The van der Waals surface area contributed by atoms with Crippen LogP contribution in [0.2, 0.25) is 0 Å². The number of halogens is 2. The Kier molecular flexibility index (Phi) is 1.78. The molecule has 1 fully saturated rings. The van der Waals surface area contributed by atoms with Crippen molar-refractivity contribution in [1.29, 1.82) is 0 Å². The quantitative estimate of drug-likeness (QED) is 0.571. The maximum absolute atomic E-state index is 11.5.